The van der Waals surface area contributed by atoms with E-state index in [1.807, 2.05) is 24.3 Å². The van der Waals surface area contributed by atoms with Gasteiger partial charge in [0.1, 0.15) is 12.4 Å². The van der Waals surface area contributed by atoms with E-state index in [1.54, 1.807) is 14.0 Å². The lowest BCUT2D eigenvalue weighted by Gasteiger charge is -2.10. The maximum Gasteiger partial charge on any atom is 0.236 e. The van der Waals surface area contributed by atoms with Crippen molar-refractivity contribution in [1.29, 1.82) is 0 Å². The van der Waals surface area contributed by atoms with Crippen LogP contribution in [0.5, 0.6) is 5.75 Å². The van der Waals surface area contributed by atoms with Crippen LogP contribution in [0.15, 0.2) is 24.3 Å². The lowest BCUT2D eigenvalue weighted by Crippen LogP contribution is -2.37. The van der Waals surface area contributed by atoms with Crippen LogP contribution in [0.2, 0.25) is 0 Å². The van der Waals surface area contributed by atoms with Gasteiger partial charge in [-0.15, -0.1) is 0 Å². The summed E-state index contributed by atoms with van der Waals surface area (Å²) in [4.78, 5) is 11.3. The average molecular weight is 252 g/mol. The fourth-order valence-electron chi connectivity index (χ4n) is 1.34. The van der Waals surface area contributed by atoms with E-state index in [0.29, 0.717) is 19.8 Å². The smallest absolute Gasteiger partial charge is 0.236 e. The van der Waals surface area contributed by atoms with Gasteiger partial charge in [0.25, 0.3) is 0 Å². The van der Waals surface area contributed by atoms with Crippen LogP contribution in [0.4, 0.5) is 0 Å². The third-order valence-corrected chi connectivity index (χ3v) is 2.33. The van der Waals surface area contributed by atoms with Crippen LogP contribution in [0, 0.1) is 0 Å². The molecule has 1 atom stereocenters. The third-order valence-electron chi connectivity index (χ3n) is 2.33. The molecule has 0 radical (unpaired) electrons. The molecule has 18 heavy (non-hydrogen) atoms. The van der Waals surface area contributed by atoms with Gasteiger partial charge in [-0.25, -0.2) is 0 Å². The number of carbonyl (C=O) groups excluding carboxylic acids is 1. The Labute approximate surface area is 107 Å². The van der Waals surface area contributed by atoms with Crippen LogP contribution >= 0.6 is 0 Å². The fourth-order valence-corrected chi connectivity index (χ4v) is 1.34. The summed E-state index contributed by atoms with van der Waals surface area (Å²) in [5.41, 5.74) is 6.43. The molecule has 0 saturated heterocycles. The van der Waals surface area contributed by atoms with Crippen LogP contribution in [-0.2, 0) is 16.1 Å². The zero-order valence-corrected chi connectivity index (χ0v) is 10.8. The minimum atomic E-state index is -0.494. The second-order valence-electron chi connectivity index (χ2n) is 4.00. The number of hydrogen-bond donors (Lipinski definition) is 2. The van der Waals surface area contributed by atoms with Gasteiger partial charge >= 0.3 is 0 Å². The van der Waals surface area contributed by atoms with Crippen molar-refractivity contribution in [3.05, 3.63) is 29.8 Å². The first kappa shape index (κ1) is 14.5. The zero-order chi connectivity index (χ0) is 13.4. The molecule has 0 heterocycles. The second kappa shape index (κ2) is 7.68. The number of carbonyl (C=O) groups is 1. The average Bonchev–Trinajstić information content (AvgIpc) is 2.36. The summed E-state index contributed by atoms with van der Waals surface area (Å²) < 4.78 is 10.4. The highest BCUT2D eigenvalue weighted by atomic mass is 16.5. The quantitative estimate of drug-likeness (QED) is 0.700. The van der Waals surface area contributed by atoms with E-state index in [0.717, 1.165) is 11.3 Å². The van der Waals surface area contributed by atoms with E-state index < -0.39 is 6.04 Å². The Balaban J connectivity index is 2.46. The fraction of sp³-hybridized carbons (Fsp3) is 0.462. The van der Waals surface area contributed by atoms with Gasteiger partial charge < -0.3 is 20.5 Å². The van der Waals surface area contributed by atoms with Gasteiger partial charge in [0, 0.05) is 13.7 Å². The molecule has 0 saturated carbocycles. The minimum Gasteiger partial charge on any atom is -0.491 e. The molecule has 0 spiro atoms. The first-order valence-electron chi connectivity index (χ1n) is 5.87. The van der Waals surface area contributed by atoms with Gasteiger partial charge in [-0.1, -0.05) is 12.1 Å². The van der Waals surface area contributed by atoms with E-state index in [9.17, 15) is 4.79 Å². The number of rotatable bonds is 7. The Bertz CT molecular complexity index is 380. The Kier molecular flexibility index (Phi) is 6.18. The van der Waals surface area contributed by atoms with E-state index >= 15 is 0 Å². The first-order valence-corrected chi connectivity index (χ1v) is 5.87. The molecule has 100 valence electrons. The van der Waals surface area contributed by atoms with Crippen molar-refractivity contribution >= 4 is 5.91 Å². The largest absolute Gasteiger partial charge is 0.491 e. The molecule has 0 aliphatic rings. The molecule has 0 unspecified atom stereocenters. The summed E-state index contributed by atoms with van der Waals surface area (Å²) in [6.07, 6.45) is 0. The number of nitrogens with one attached hydrogen (secondary N) is 1. The zero-order valence-electron chi connectivity index (χ0n) is 10.8. The van der Waals surface area contributed by atoms with Crippen LogP contribution in [0.3, 0.4) is 0 Å². The standard InChI is InChI=1S/C13H20N2O3/c1-10(14)13(16)15-9-11-4-3-5-12(8-11)18-7-6-17-2/h3-5,8,10H,6-7,9,14H2,1-2H3,(H,15,16)/t10-/m0/s1. The summed E-state index contributed by atoms with van der Waals surface area (Å²) in [7, 11) is 1.63. The third kappa shape index (κ3) is 5.16. The number of nitrogens with two attached hydrogens (primary N) is 1. The highest BCUT2D eigenvalue weighted by Crippen LogP contribution is 2.13. The summed E-state index contributed by atoms with van der Waals surface area (Å²) in [6.45, 7) is 3.15. The van der Waals surface area contributed by atoms with Crippen molar-refractivity contribution in [2.75, 3.05) is 20.3 Å². The van der Waals surface area contributed by atoms with Crippen molar-refractivity contribution in [3.8, 4) is 5.75 Å². The van der Waals surface area contributed by atoms with E-state index in [1.165, 1.54) is 0 Å². The molecule has 0 fully saturated rings. The summed E-state index contributed by atoms with van der Waals surface area (Å²) in [5, 5.41) is 2.75. The van der Waals surface area contributed by atoms with Crippen molar-refractivity contribution in [3.63, 3.8) is 0 Å². The lowest BCUT2D eigenvalue weighted by molar-refractivity contribution is -0.122. The van der Waals surface area contributed by atoms with Crippen LogP contribution in [0.25, 0.3) is 0 Å². The molecular formula is C13H20N2O3. The van der Waals surface area contributed by atoms with Gasteiger partial charge in [0.15, 0.2) is 0 Å². The van der Waals surface area contributed by atoms with Gasteiger partial charge in [-0.05, 0) is 24.6 Å². The van der Waals surface area contributed by atoms with E-state index in [-0.39, 0.29) is 5.91 Å². The molecule has 1 aromatic carbocycles. The monoisotopic (exact) mass is 252 g/mol. The molecule has 5 heteroatoms. The molecule has 3 N–H and O–H groups in total. The summed E-state index contributed by atoms with van der Waals surface area (Å²) in [6, 6.07) is 7.07. The van der Waals surface area contributed by atoms with Crippen molar-refractivity contribution < 1.29 is 14.3 Å². The summed E-state index contributed by atoms with van der Waals surface area (Å²) >= 11 is 0. The Hall–Kier alpha value is -1.59. The van der Waals surface area contributed by atoms with Crippen molar-refractivity contribution in [1.82, 2.24) is 5.32 Å². The first-order chi connectivity index (χ1) is 8.63. The molecule has 0 aromatic heterocycles. The van der Waals surface area contributed by atoms with E-state index in [2.05, 4.69) is 5.32 Å². The van der Waals surface area contributed by atoms with Gasteiger partial charge in [-0.2, -0.15) is 0 Å². The molecule has 0 aliphatic carbocycles. The van der Waals surface area contributed by atoms with Crippen LogP contribution < -0.4 is 15.8 Å². The number of amides is 1. The Morgan fingerprint density at radius 3 is 2.89 bits per heavy atom. The molecule has 0 aliphatic heterocycles. The van der Waals surface area contributed by atoms with Gasteiger partial charge in [-0.3, -0.25) is 4.79 Å². The lowest BCUT2D eigenvalue weighted by atomic mass is 10.2. The topological polar surface area (TPSA) is 73.6 Å². The van der Waals surface area contributed by atoms with E-state index in [4.69, 9.17) is 15.2 Å². The second-order valence-corrected chi connectivity index (χ2v) is 4.00. The maximum atomic E-state index is 11.3. The molecular weight excluding hydrogens is 232 g/mol. The predicted octanol–water partition coefficient (Wildman–Crippen LogP) is 0.675. The van der Waals surface area contributed by atoms with Crippen molar-refractivity contribution in [2.24, 2.45) is 5.73 Å². The molecule has 1 amide bonds. The van der Waals surface area contributed by atoms with Crippen LogP contribution in [0.1, 0.15) is 12.5 Å². The molecule has 1 aromatic rings. The Morgan fingerprint density at radius 1 is 1.44 bits per heavy atom. The highest BCUT2D eigenvalue weighted by Gasteiger charge is 2.06. The SMILES string of the molecule is COCCOc1cccc(CNC(=O)[C@H](C)N)c1. The number of methoxy groups -OCH3 is 1. The number of benzene rings is 1. The normalized spacial score (nSPS) is 11.9. The van der Waals surface area contributed by atoms with Gasteiger partial charge in [0.2, 0.25) is 5.91 Å². The van der Waals surface area contributed by atoms with Crippen molar-refractivity contribution in [2.45, 2.75) is 19.5 Å². The molecule has 5 nitrogen and oxygen atoms in total. The maximum absolute atomic E-state index is 11.3. The predicted molar refractivity (Wildman–Crippen MR) is 69.3 cm³/mol. The van der Waals surface area contributed by atoms with Gasteiger partial charge in [0.05, 0.1) is 12.6 Å². The highest BCUT2D eigenvalue weighted by molar-refractivity contribution is 5.80. The number of hydrogen-bond acceptors (Lipinski definition) is 4. The minimum absolute atomic E-state index is 0.166. The summed E-state index contributed by atoms with van der Waals surface area (Å²) in [5.74, 6) is 0.598. The van der Waals surface area contributed by atoms with Crippen LogP contribution in [-0.4, -0.2) is 32.3 Å². The number of ether oxygens (including phenoxy) is 2. The Morgan fingerprint density at radius 2 is 2.22 bits per heavy atom. The molecule has 0 bridgehead atoms. The molecule has 1 rings (SSSR count).